The Morgan fingerprint density at radius 3 is 2.48 bits per heavy atom. The quantitative estimate of drug-likeness (QED) is 0.624. The van der Waals surface area contributed by atoms with E-state index >= 15 is 0 Å². The lowest BCUT2D eigenvalue weighted by Gasteiger charge is -2.11. The summed E-state index contributed by atoms with van der Waals surface area (Å²) < 4.78 is 5.18. The normalized spacial score (nSPS) is 10.1. The van der Waals surface area contributed by atoms with E-state index in [2.05, 4.69) is 27.2 Å². The average molecular weight is 332 g/mol. The van der Waals surface area contributed by atoms with Crippen LogP contribution in [0, 0.1) is 0 Å². The molecule has 5 heteroatoms. The number of rotatable bonds is 7. The Bertz CT molecular complexity index is 832. The number of hydrogen-bond donors (Lipinski definition) is 2. The van der Waals surface area contributed by atoms with Crippen molar-refractivity contribution in [1.29, 1.82) is 0 Å². The lowest BCUT2D eigenvalue weighted by Crippen LogP contribution is -2.05. The summed E-state index contributed by atoms with van der Waals surface area (Å²) in [6.45, 7) is 4.36. The molecule has 1 aromatic heterocycles. The SMILES string of the molecule is C=CCNc1cc(-c2ccccc2)nc(Nc2ccc(OC)cc2)n1. The van der Waals surface area contributed by atoms with Crippen molar-refractivity contribution < 1.29 is 4.74 Å². The smallest absolute Gasteiger partial charge is 0.229 e. The molecule has 0 unspecified atom stereocenters. The summed E-state index contributed by atoms with van der Waals surface area (Å²) in [5.41, 5.74) is 2.77. The highest BCUT2D eigenvalue weighted by Gasteiger charge is 2.07. The van der Waals surface area contributed by atoms with Gasteiger partial charge in [-0.05, 0) is 24.3 Å². The van der Waals surface area contributed by atoms with Crippen molar-refractivity contribution in [2.45, 2.75) is 0 Å². The Balaban J connectivity index is 1.92. The van der Waals surface area contributed by atoms with E-state index in [0.717, 1.165) is 28.5 Å². The van der Waals surface area contributed by atoms with Gasteiger partial charge < -0.3 is 15.4 Å². The van der Waals surface area contributed by atoms with Gasteiger partial charge in [-0.3, -0.25) is 0 Å². The predicted molar refractivity (Wildman–Crippen MR) is 102 cm³/mol. The zero-order chi connectivity index (χ0) is 17.5. The second-order valence-electron chi connectivity index (χ2n) is 5.35. The molecule has 25 heavy (non-hydrogen) atoms. The zero-order valence-corrected chi connectivity index (χ0v) is 14.1. The summed E-state index contributed by atoms with van der Waals surface area (Å²) in [5.74, 6) is 2.07. The van der Waals surface area contributed by atoms with Crippen LogP contribution in [-0.4, -0.2) is 23.6 Å². The Hall–Kier alpha value is -3.34. The van der Waals surface area contributed by atoms with E-state index in [0.29, 0.717) is 12.5 Å². The van der Waals surface area contributed by atoms with Crippen LogP contribution < -0.4 is 15.4 Å². The number of nitrogens with one attached hydrogen (secondary N) is 2. The average Bonchev–Trinajstić information content (AvgIpc) is 2.67. The highest BCUT2D eigenvalue weighted by atomic mass is 16.5. The van der Waals surface area contributed by atoms with Gasteiger partial charge >= 0.3 is 0 Å². The van der Waals surface area contributed by atoms with E-state index in [1.807, 2.05) is 60.7 Å². The van der Waals surface area contributed by atoms with Gasteiger partial charge in [0.1, 0.15) is 11.6 Å². The molecule has 1 heterocycles. The van der Waals surface area contributed by atoms with Crippen molar-refractivity contribution in [3.05, 3.63) is 73.3 Å². The molecule has 0 spiro atoms. The van der Waals surface area contributed by atoms with Gasteiger partial charge in [-0.1, -0.05) is 36.4 Å². The monoisotopic (exact) mass is 332 g/mol. The van der Waals surface area contributed by atoms with Gasteiger partial charge in [0.25, 0.3) is 0 Å². The molecule has 0 amide bonds. The standard InChI is InChI=1S/C20H20N4O/c1-3-13-21-19-14-18(15-7-5-4-6-8-15)23-20(24-19)22-16-9-11-17(25-2)12-10-16/h3-12,14H,1,13H2,2H3,(H2,21,22,23,24). The van der Waals surface area contributed by atoms with Gasteiger partial charge in [0.15, 0.2) is 0 Å². The number of benzene rings is 2. The summed E-state index contributed by atoms with van der Waals surface area (Å²) in [6, 6.07) is 19.6. The van der Waals surface area contributed by atoms with Gasteiger partial charge in [0.2, 0.25) is 5.95 Å². The molecule has 0 aliphatic carbocycles. The van der Waals surface area contributed by atoms with Crippen molar-refractivity contribution in [2.75, 3.05) is 24.3 Å². The fourth-order valence-corrected chi connectivity index (χ4v) is 2.33. The second kappa shape index (κ2) is 7.97. The van der Waals surface area contributed by atoms with E-state index in [1.165, 1.54) is 0 Å². The predicted octanol–water partition coefficient (Wildman–Crippen LogP) is 4.49. The van der Waals surface area contributed by atoms with E-state index in [4.69, 9.17) is 4.74 Å². The third kappa shape index (κ3) is 4.35. The molecule has 0 bridgehead atoms. The minimum Gasteiger partial charge on any atom is -0.497 e. The molecule has 0 atom stereocenters. The van der Waals surface area contributed by atoms with E-state index in [1.54, 1.807) is 13.2 Å². The van der Waals surface area contributed by atoms with Gasteiger partial charge in [-0.2, -0.15) is 4.98 Å². The molecule has 126 valence electrons. The maximum absolute atomic E-state index is 5.18. The number of nitrogens with zero attached hydrogens (tertiary/aromatic N) is 2. The molecule has 0 radical (unpaired) electrons. The Morgan fingerprint density at radius 2 is 1.80 bits per heavy atom. The summed E-state index contributed by atoms with van der Waals surface area (Å²) in [7, 11) is 1.65. The van der Waals surface area contributed by atoms with Crippen molar-refractivity contribution in [1.82, 2.24) is 9.97 Å². The summed E-state index contributed by atoms with van der Waals surface area (Å²) in [6.07, 6.45) is 1.79. The summed E-state index contributed by atoms with van der Waals surface area (Å²) in [4.78, 5) is 9.15. The lowest BCUT2D eigenvalue weighted by atomic mass is 10.1. The van der Waals surface area contributed by atoms with Crippen molar-refractivity contribution >= 4 is 17.5 Å². The van der Waals surface area contributed by atoms with Crippen LogP contribution in [0.1, 0.15) is 0 Å². The van der Waals surface area contributed by atoms with Crippen LogP contribution in [0.3, 0.4) is 0 Å². The Morgan fingerprint density at radius 1 is 1.04 bits per heavy atom. The highest BCUT2D eigenvalue weighted by Crippen LogP contribution is 2.24. The van der Waals surface area contributed by atoms with Crippen LogP contribution in [0.4, 0.5) is 17.5 Å². The first-order valence-electron chi connectivity index (χ1n) is 7.99. The molecule has 0 aliphatic heterocycles. The number of aromatic nitrogens is 2. The van der Waals surface area contributed by atoms with Crippen LogP contribution in [0.15, 0.2) is 73.3 Å². The van der Waals surface area contributed by atoms with Crippen molar-refractivity contribution in [3.63, 3.8) is 0 Å². The van der Waals surface area contributed by atoms with Gasteiger partial charge in [0, 0.05) is 23.9 Å². The fourth-order valence-electron chi connectivity index (χ4n) is 2.33. The molecule has 3 aromatic rings. The maximum Gasteiger partial charge on any atom is 0.229 e. The molecule has 2 N–H and O–H groups in total. The largest absolute Gasteiger partial charge is 0.497 e. The number of hydrogen-bond acceptors (Lipinski definition) is 5. The minimum absolute atomic E-state index is 0.526. The molecule has 3 rings (SSSR count). The topological polar surface area (TPSA) is 59.1 Å². The molecule has 0 fully saturated rings. The molecule has 5 nitrogen and oxygen atoms in total. The van der Waals surface area contributed by atoms with Crippen molar-refractivity contribution in [2.24, 2.45) is 0 Å². The molecule has 2 aromatic carbocycles. The minimum atomic E-state index is 0.526. The molecular weight excluding hydrogens is 312 g/mol. The Kier molecular flexibility index (Phi) is 5.26. The molecule has 0 saturated heterocycles. The number of anilines is 3. The van der Waals surface area contributed by atoms with Gasteiger partial charge in [0.05, 0.1) is 12.8 Å². The van der Waals surface area contributed by atoms with Crippen LogP contribution >= 0.6 is 0 Å². The number of ether oxygens (including phenoxy) is 1. The first-order chi connectivity index (χ1) is 12.3. The molecule has 0 aliphatic rings. The Labute approximate surface area is 147 Å². The fraction of sp³-hybridized carbons (Fsp3) is 0.100. The first kappa shape index (κ1) is 16.5. The third-order valence-electron chi connectivity index (χ3n) is 3.57. The van der Waals surface area contributed by atoms with Crippen LogP contribution in [0.25, 0.3) is 11.3 Å². The highest BCUT2D eigenvalue weighted by molar-refractivity contribution is 5.66. The van der Waals surface area contributed by atoms with Gasteiger partial charge in [-0.25, -0.2) is 4.98 Å². The van der Waals surface area contributed by atoms with E-state index in [-0.39, 0.29) is 0 Å². The lowest BCUT2D eigenvalue weighted by molar-refractivity contribution is 0.415. The van der Waals surface area contributed by atoms with Crippen molar-refractivity contribution in [3.8, 4) is 17.0 Å². The van der Waals surface area contributed by atoms with E-state index < -0.39 is 0 Å². The summed E-state index contributed by atoms with van der Waals surface area (Å²) in [5, 5.41) is 6.46. The van der Waals surface area contributed by atoms with Crippen LogP contribution in [-0.2, 0) is 0 Å². The number of methoxy groups -OCH3 is 1. The molecular formula is C20H20N4O. The molecule has 0 saturated carbocycles. The summed E-state index contributed by atoms with van der Waals surface area (Å²) >= 11 is 0. The van der Waals surface area contributed by atoms with Crippen LogP contribution in [0.2, 0.25) is 0 Å². The second-order valence-corrected chi connectivity index (χ2v) is 5.35. The first-order valence-corrected chi connectivity index (χ1v) is 7.99. The van der Waals surface area contributed by atoms with E-state index in [9.17, 15) is 0 Å². The van der Waals surface area contributed by atoms with Crippen LogP contribution in [0.5, 0.6) is 5.75 Å². The maximum atomic E-state index is 5.18. The zero-order valence-electron chi connectivity index (χ0n) is 14.1. The third-order valence-corrected chi connectivity index (χ3v) is 3.57. The van der Waals surface area contributed by atoms with Gasteiger partial charge in [-0.15, -0.1) is 6.58 Å².